The van der Waals surface area contributed by atoms with Crippen LogP contribution in [0.5, 0.6) is 0 Å². The van der Waals surface area contributed by atoms with Crippen LogP contribution in [0.25, 0.3) is 16.0 Å². The molecule has 1 saturated heterocycles. The third-order valence-corrected chi connectivity index (χ3v) is 6.68. The SMILES string of the molecule is [C-]#[N+][C@H](c1ccccc1-c1ccc(Cl)cc1)C1CCN(c2ccc(C(=O)OC(C)(C)C)cc2)CC1. The summed E-state index contributed by atoms with van der Waals surface area (Å²) in [7, 11) is 0. The van der Waals surface area contributed by atoms with Gasteiger partial charge in [0, 0.05) is 35.3 Å². The molecule has 4 rings (SSSR count). The summed E-state index contributed by atoms with van der Waals surface area (Å²) < 4.78 is 5.46. The molecule has 0 unspecified atom stereocenters. The lowest BCUT2D eigenvalue weighted by atomic mass is 9.83. The van der Waals surface area contributed by atoms with Gasteiger partial charge in [-0.25, -0.2) is 11.4 Å². The van der Waals surface area contributed by atoms with E-state index in [1.54, 1.807) is 0 Å². The smallest absolute Gasteiger partial charge is 0.338 e. The fraction of sp³-hybridized carbons (Fsp3) is 0.333. The summed E-state index contributed by atoms with van der Waals surface area (Å²) in [6, 6.07) is 23.5. The summed E-state index contributed by atoms with van der Waals surface area (Å²) in [4.78, 5) is 18.7. The maximum absolute atomic E-state index is 12.3. The fourth-order valence-electron chi connectivity index (χ4n) is 4.69. The quantitative estimate of drug-likeness (QED) is 0.272. The highest BCUT2D eigenvalue weighted by molar-refractivity contribution is 6.30. The Bertz CT molecular complexity index is 1200. The molecule has 1 atom stereocenters. The predicted molar refractivity (Wildman–Crippen MR) is 143 cm³/mol. The van der Waals surface area contributed by atoms with Crippen molar-refractivity contribution >= 4 is 23.3 Å². The van der Waals surface area contributed by atoms with Gasteiger partial charge in [-0.05, 0) is 81.1 Å². The largest absolute Gasteiger partial charge is 0.456 e. The summed E-state index contributed by atoms with van der Waals surface area (Å²) in [5.74, 6) is -0.0137. The Morgan fingerprint density at radius 1 is 1.00 bits per heavy atom. The van der Waals surface area contributed by atoms with Crippen molar-refractivity contribution in [1.29, 1.82) is 0 Å². The van der Waals surface area contributed by atoms with E-state index in [0.29, 0.717) is 16.5 Å². The molecular weight excluding hydrogens is 456 g/mol. The number of piperidine rings is 1. The number of benzene rings is 3. The van der Waals surface area contributed by atoms with Gasteiger partial charge in [0.25, 0.3) is 6.04 Å². The molecule has 3 aromatic rings. The third-order valence-electron chi connectivity index (χ3n) is 6.43. The molecular formula is C30H31ClN2O2. The number of anilines is 1. The van der Waals surface area contributed by atoms with E-state index in [4.69, 9.17) is 22.9 Å². The molecule has 0 radical (unpaired) electrons. The van der Waals surface area contributed by atoms with Crippen LogP contribution < -0.4 is 4.90 Å². The number of hydrogen-bond acceptors (Lipinski definition) is 3. The average Bonchev–Trinajstić information content (AvgIpc) is 2.85. The topological polar surface area (TPSA) is 33.9 Å². The summed E-state index contributed by atoms with van der Waals surface area (Å²) >= 11 is 6.09. The van der Waals surface area contributed by atoms with Gasteiger partial charge in [0.05, 0.1) is 5.56 Å². The van der Waals surface area contributed by atoms with E-state index in [-0.39, 0.29) is 12.0 Å². The maximum Gasteiger partial charge on any atom is 0.338 e. The summed E-state index contributed by atoms with van der Waals surface area (Å²) in [6.07, 6.45) is 1.88. The molecule has 0 aliphatic carbocycles. The minimum absolute atomic E-state index is 0.182. The van der Waals surface area contributed by atoms with Crippen LogP contribution in [0.15, 0.2) is 72.8 Å². The lowest BCUT2D eigenvalue weighted by Crippen LogP contribution is -2.35. The van der Waals surface area contributed by atoms with Gasteiger partial charge in [-0.3, -0.25) is 0 Å². The molecule has 3 aromatic carbocycles. The standard InChI is InChI=1S/C30H31ClN2O2/c1-30(2,3)35-29(34)23-11-15-25(16-12-23)33-19-17-22(18-20-33)28(32-4)27-8-6-5-7-26(27)21-9-13-24(31)14-10-21/h5-16,22,28H,17-20H2,1-3H3/t28-/m0/s1. The monoisotopic (exact) mass is 486 g/mol. The zero-order valence-corrected chi connectivity index (χ0v) is 21.3. The average molecular weight is 487 g/mol. The first-order valence-corrected chi connectivity index (χ1v) is 12.4. The van der Waals surface area contributed by atoms with E-state index in [1.165, 1.54) is 0 Å². The van der Waals surface area contributed by atoms with Crippen LogP contribution >= 0.6 is 11.6 Å². The normalized spacial score (nSPS) is 15.3. The van der Waals surface area contributed by atoms with Crippen molar-refractivity contribution in [3.8, 4) is 11.1 Å². The number of ether oxygens (including phenoxy) is 1. The minimum Gasteiger partial charge on any atom is -0.456 e. The lowest BCUT2D eigenvalue weighted by Gasteiger charge is -2.34. The molecule has 1 aliphatic rings. The van der Waals surface area contributed by atoms with Gasteiger partial charge in [0.1, 0.15) is 5.60 Å². The van der Waals surface area contributed by atoms with Crippen LogP contribution in [0.3, 0.4) is 0 Å². The van der Waals surface area contributed by atoms with E-state index in [0.717, 1.165) is 48.3 Å². The van der Waals surface area contributed by atoms with Crippen molar-refractivity contribution < 1.29 is 9.53 Å². The molecule has 4 nitrogen and oxygen atoms in total. The van der Waals surface area contributed by atoms with Gasteiger partial charge in [0.2, 0.25) is 0 Å². The summed E-state index contributed by atoms with van der Waals surface area (Å²) in [5, 5.41) is 0.708. The van der Waals surface area contributed by atoms with Gasteiger partial charge in [-0.1, -0.05) is 48.0 Å². The Labute approximate surface area is 213 Å². The van der Waals surface area contributed by atoms with Crippen LogP contribution in [-0.2, 0) is 4.74 Å². The first-order chi connectivity index (χ1) is 16.7. The van der Waals surface area contributed by atoms with Crippen molar-refractivity contribution in [2.75, 3.05) is 18.0 Å². The molecule has 1 aliphatic heterocycles. The number of rotatable bonds is 5. The number of esters is 1. The highest BCUT2D eigenvalue weighted by Gasteiger charge is 2.33. The molecule has 1 fully saturated rings. The van der Waals surface area contributed by atoms with Gasteiger partial charge in [-0.15, -0.1) is 0 Å². The van der Waals surface area contributed by atoms with E-state index in [2.05, 4.69) is 21.9 Å². The zero-order chi connectivity index (χ0) is 25.0. The first kappa shape index (κ1) is 24.8. The minimum atomic E-state index is -0.511. The molecule has 0 spiro atoms. The Balaban J connectivity index is 1.45. The second-order valence-electron chi connectivity index (χ2n) is 10.0. The van der Waals surface area contributed by atoms with Gasteiger partial charge in [0.15, 0.2) is 0 Å². The van der Waals surface area contributed by atoms with Gasteiger partial charge >= 0.3 is 5.97 Å². The molecule has 0 bridgehead atoms. The number of carbonyl (C=O) groups excluding carboxylic acids is 1. The number of carbonyl (C=O) groups is 1. The molecule has 5 heteroatoms. The number of nitrogens with zero attached hydrogens (tertiary/aromatic N) is 2. The van der Waals surface area contributed by atoms with Crippen molar-refractivity contribution in [2.24, 2.45) is 5.92 Å². The second kappa shape index (κ2) is 10.5. The van der Waals surface area contributed by atoms with Crippen LogP contribution in [0, 0.1) is 12.5 Å². The number of halogens is 1. The Morgan fingerprint density at radius 2 is 1.63 bits per heavy atom. The number of hydrogen-bond donors (Lipinski definition) is 0. The summed E-state index contributed by atoms with van der Waals surface area (Å²) in [5.41, 5.74) is 4.42. The lowest BCUT2D eigenvalue weighted by molar-refractivity contribution is 0.00695. The molecule has 0 saturated carbocycles. The molecule has 0 N–H and O–H groups in total. The second-order valence-corrected chi connectivity index (χ2v) is 10.5. The molecule has 0 amide bonds. The van der Waals surface area contributed by atoms with E-state index < -0.39 is 5.60 Å². The first-order valence-electron chi connectivity index (χ1n) is 12.0. The van der Waals surface area contributed by atoms with Crippen molar-refractivity contribution in [3.63, 3.8) is 0 Å². The molecule has 180 valence electrons. The molecule has 35 heavy (non-hydrogen) atoms. The van der Waals surface area contributed by atoms with Crippen molar-refractivity contribution in [3.05, 3.63) is 100 Å². The molecule has 0 aromatic heterocycles. The fourth-order valence-corrected chi connectivity index (χ4v) is 4.82. The van der Waals surface area contributed by atoms with Crippen LogP contribution in [0.2, 0.25) is 5.02 Å². The highest BCUT2D eigenvalue weighted by Crippen LogP contribution is 2.39. The van der Waals surface area contributed by atoms with Crippen LogP contribution in [0.4, 0.5) is 5.69 Å². The zero-order valence-electron chi connectivity index (χ0n) is 20.5. The van der Waals surface area contributed by atoms with Gasteiger partial charge in [-0.2, -0.15) is 0 Å². The van der Waals surface area contributed by atoms with E-state index >= 15 is 0 Å². The highest BCUT2D eigenvalue weighted by atomic mass is 35.5. The Kier molecular flexibility index (Phi) is 7.48. The van der Waals surface area contributed by atoms with Crippen LogP contribution in [0.1, 0.15) is 55.6 Å². The Morgan fingerprint density at radius 3 is 2.23 bits per heavy atom. The van der Waals surface area contributed by atoms with Crippen molar-refractivity contribution in [1.82, 2.24) is 0 Å². The summed E-state index contributed by atoms with van der Waals surface area (Å²) in [6.45, 7) is 15.4. The van der Waals surface area contributed by atoms with Crippen LogP contribution in [-0.4, -0.2) is 24.7 Å². The third kappa shape index (κ3) is 6.05. The van der Waals surface area contributed by atoms with E-state index in [9.17, 15) is 4.79 Å². The molecule has 1 heterocycles. The van der Waals surface area contributed by atoms with Gasteiger partial charge < -0.3 is 14.5 Å². The predicted octanol–water partition coefficient (Wildman–Crippen LogP) is 7.84. The van der Waals surface area contributed by atoms with Crippen molar-refractivity contribution in [2.45, 2.75) is 45.3 Å². The van der Waals surface area contributed by atoms with E-state index in [1.807, 2.05) is 81.4 Å². The maximum atomic E-state index is 12.3. The Hall–Kier alpha value is -3.29.